The number of H-pyrrole nitrogens is 1. The van der Waals surface area contributed by atoms with E-state index in [0.717, 1.165) is 4.64 Å². The first-order valence-electron chi connectivity index (χ1n) is 2.03. The Kier molecular flexibility index (Phi) is 4.47. The molecule has 1 aromatic rings. The summed E-state index contributed by atoms with van der Waals surface area (Å²) in [6.45, 7) is 0. The van der Waals surface area contributed by atoms with Gasteiger partial charge in [0.15, 0.2) is 0 Å². The zero-order valence-electron chi connectivity index (χ0n) is 5.72. The van der Waals surface area contributed by atoms with Gasteiger partial charge in [-0.25, -0.2) is 0 Å². The largest absolute Gasteiger partial charge is 1.00 e. The van der Waals surface area contributed by atoms with Crippen molar-refractivity contribution in [3.8, 4) is 0 Å². The Labute approximate surface area is 76.9 Å². The molecular weight excluding hydrogens is 129 g/mol. The van der Waals surface area contributed by atoms with Gasteiger partial charge in [0.1, 0.15) is 4.64 Å². The van der Waals surface area contributed by atoms with Gasteiger partial charge < -0.3 is 6.41 Å². The molecule has 1 heterocycles. The van der Waals surface area contributed by atoms with Gasteiger partial charge in [0.25, 0.3) is 0 Å². The van der Waals surface area contributed by atoms with Crippen molar-refractivity contribution in [3.63, 3.8) is 0 Å². The average Bonchev–Trinajstić information content (AvgIpc) is 1.69. The van der Waals surface area contributed by atoms with E-state index in [4.69, 9.17) is 12.2 Å². The summed E-state index contributed by atoms with van der Waals surface area (Å²) < 4.78 is 0.780. The van der Waals surface area contributed by atoms with Gasteiger partial charge in [-0.2, -0.15) is 0 Å². The number of hydrogen-bond donors (Lipinski definition) is 1. The average molecular weight is 135 g/mol. The number of hydrogen-bond acceptors (Lipinski definition) is 1. The van der Waals surface area contributed by atoms with Crippen LogP contribution in [-0.2, 0) is 0 Å². The standard InChI is InChI=1S/C5H5NS.Na.H/c7-5-3-1-2-4-6-5;;/h1-4H,(H,6,7);;/q;+1;-1. The van der Waals surface area contributed by atoms with Crippen LogP contribution in [0.4, 0.5) is 0 Å². The Morgan fingerprint density at radius 2 is 2.25 bits per heavy atom. The van der Waals surface area contributed by atoms with Crippen LogP contribution in [-0.4, -0.2) is 4.98 Å². The maximum Gasteiger partial charge on any atom is 1.00 e. The van der Waals surface area contributed by atoms with Gasteiger partial charge in [-0.15, -0.1) is 0 Å². The normalized spacial score (nSPS) is 7.50. The molecule has 1 aromatic heterocycles. The number of nitrogens with one attached hydrogen (secondary N) is 1. The first-order chi connectivity index (χ1) is 3.39. The molecule has 0 saturated carbocycles. The second-order valence-corrected chi connectivity index (χ2v) is 1.67. The third kappa shape index (κ3) is 2.62. The first-order valence-corrected chi connectivity index (χ1v) is 2.44. The molecule has 0 saturated heterocycles. The first kappa shape index (κ1) is 8.37. The predicted molar refractivity (Wildman–Crippen MR) is 32.7 cm³/mol. The van der Waals surface area contributed by atoms with Crippen LogP contribution in [0.2, 0.25) is 0 Å². The molecule has 0 radical (unpaired) electrons. The molecule has 1 rings (SSSR count). The smallest absolute Gasteiger partial charge is 1.00 e. The van der Waals surface area contributed by atoms with Crippen molar-refractivity contribution in [2.24, 2.45) is 0 Å². The molecular formula is C5H6NNaS. The van der Waals surface area contributed by atoms with Gasteiger partial charge in [-0.1, -0.05) is 18.3 Å². The maximum atomic E-state index is 4.76. The van der Waals surface area contributed by atoms with E-state index in [2.05, 4.69) is 4.98 Å². The molecule has 3 heteroatoms. The van der Waals surface area contributed by atoms with E-state index in [1.54, 1.807) is 0 Å². The Bertz CT molecular complexity index is 183. The van der Waals surface area contributed by atoms with Crippen molar-refractivity contribution in [3.05, 3.63) is 29.0 Å². The van der Waals surface area contributed by atoms with Gasteiger partial charge >= 0.3 is 29.6 Å². The van der Waals surface area contributed by atoms with Crippen molar-refractivity contribution < 1.29 is 31.0 Å². The minimum atomic E-state index is 0. The van der Waals surface area contributed by atoms with E-state index in [9.17, 15) is 0 Å². The summed E-state index contributed by atoms with van der Waals surface area (Å²) in [6, 6.07) is 5.64. The Morgan fingerprint density at radius 1 is 1.50 bits per heavy atom. The third-order valence-electron chi connectivity index (χ3n) is 0.681. The monoisotopic (exact) mass is 135 g/mol. The maximum absolute atomic E-state index is 4.76. The number of pyridine rings is 1. The molecule has 0 aromatic carbocycles. The molecule has 0 amide bonds. The quantitative estimate of drug-likeness (QED) is 0.351. The summed E-state index contributed by atoms with van der Waals surface area (Å²) in [7, 11) is 0. The van der Waals surface area contributed by atoms with E-state index in [-0.39, 0.29) is 31.0 Å². The number of rotatable bonds is 0. The minimum absolute atomic E-state index is 0. The summed E-state index contributed by atoms with van der Waals surface area (Å²) in [4.78, 5) is 2.85. The SMILES string of the molecule is S=c1cccc[nH]1.[H-].[Na+]. The summed E-state index contributed by atoms with van der Waals surface area (Å²) in [6.07, 6.45) is 1.81. The molecule has 1 N–H and O–H groups in total. The summed E-state index contributed by atoms with van der Waals surface area (Å²) in [5.41, 5.74) is 0. The van der Waals surface area contributed by atoms with E-state index in [0.29, 0.717) is 0 Å². The van der Waals surface area contributed by atoms with E-state index in [1.807, 2.05) is 24.4 Å². The number of aromatic nitrogens is 1. The van der Waals surface area contributed by atoms with Gasteiger partial charge in [0.2, 0.25) is 0 Å². The van der Waals surface area contributed by atoms with Gasteiger partial charge in [-0.05, 0) is 12.1 Å². The summed E-state index contributed by atoms with van der Waals surface area (Å²) in [5.74, 6) is 0. The molecule has 0 spiro atoms. The Hall–Kier alpha value is 0.370. The Morgan fingerprint density at radius 3 is 2.50 bits per heavy atom. The second kappa shape index (κ2) is 4.27. The molecule has 0 aliphatic heterocycles. The fourth-order valence-electron chi connectivity index (χ4n) is 0.377. The van der Waals surface area contributed by atoms with Crippen LogP contribution in [0.15, 0.2) is 24.4 Å². The zero-order chi connectivity index (χ0) is 5.11. The fraction of sp³-hybridized carbons (Fsp3) is 0. The molecule has 0 bridgehead atoms. The minimum Gasteiger partial charge on any atom is -1.00 e. The number of aromatic amines is 1. The van der Waals surface area contributed by atoms with Gasteiger partial charge in [0, 0.05) is 6.20 Å². The van der Waals surface area contributed by atoms with Crippen molar-refractivity contribution in [1.82, 2.24) is 4.98 Å². The molecule has 0 aliphatic carbocycles. The van der Waals surface area contributed by atoms with Crippen molar-refractivity contribution >= 4 is 12.2 Å². The molecule has 38 valence electrons. The zero-order valence-corrected chi connectivity index (χ0v) is 7.53. The predicted octanol–water partition coefficient (Wildman–Crippen LogP) is -1.14. The van der Waals surface area contributed by atoms with Gasteiger partial charge in [-0.3, -0.25) is 0 Å². The van der Waals surface area contributed by atoms with Crippen LogP contribution < -0.4 is 29.6 Å². The van der Waals surface area contributed by atoms with E-state index >= 15 is 0 Å². The molecule has 0 fully saturated rings. The molecule has 0 atom stereocenters. The van der Waals surface area contributed by atoms with Gasteiger partial charge in [0.05, 0.1) is 0 Å². The topological polar surface area (TPSA) is 15.8 Å². The third-order valence-corrected chi connectivity index (χ3v) is 0.934. The van der Waals surface area contributed by atoms with Crippen LogP contribution in [0.3, 0.4) is 0 Å². The molecule has 8 heavy (non-hydrogen) atoms. The van der Waals surface area contributed by atoms with E-state index in [1.165, 1.54) is 0 Å². The van der Waals surface area contributed by atoms with Crippen molar-refractivity contribution in [2.75, 3.05) is 0 Å². The molecule has 0 aliphatic rings. The van der Waals surface area contributed by atoms with Crippen molar-refractivity contribution in [1.29, 1.82) is 0 Å². The van der Waals surface area contributed by atoms with Crippen LogP contribution >= 0.6 is 12.2 Å². The van der Waals surface area contributed by atoms with Crippen LogP contribution in [0, 0.1) is 4.64 Å². The summed E-state index contributed by atoms with van der Waals surface area (Å²) >= 11 is 4.76. The van der Waals surface area contributed by atoms with Crippen LogP contribution in [0.25, 0.3) is 0 Å². The Balaban J connectivity index is 0. The molecule has 0 unspecified atom stereocenters. The second-order valence-electron chi connectivity index (χ2n) is 1.23. The van der Waals surface area contributed by atoms with E-state index < -0.39 is 0 Å². The van der Waals surface area contributed by atoms with Crippen LogP contribution in [0.5, 0.6) is 0 Å². The fourth-order valence-corrected chi connectivity index (χ4v) is 0.523. The van der Waals surface area contributed by atoms with Crippen molar-refractivity contribution in [2.45, 2.75) is 0 Å². The molecule has 1 nitrogen and oxygen atoms in total. The summed E-state index contributed by atoms with van der Waals surface area (Å²) in [5, 5.41) is 0. The van der Waals surface area contributed by atoms with Crippen LogP contribution in [0.1, 0.15) is 1.43 Å².